The van der Waals surface area contributed by atoms with Crippen molar-refractivity contribution in [1.82, 2.24) is 0 Å². The van der Waals surface area contributed by atoms with Gasteiger partial charge in [0, 0.05) is 16.0 Å². The summed E-state index contributed by atoms with van der Waals surface area (Å²) in [6.07, 6.45) is 0.622. The first-order valence-electron chi connectivity index (χ1n) is 7.10. The molecule has 0 saturated heterocycles. The van der Waals surface area contributed by atoms with Crippen molar-refractivity contribution >= 4 is 44.9 Å². The third kappa shape index (κ3) is 3.41. The van der Waals surface area contributed by atoms with Crippen LogP contribution in [-0.4, -0.2) is 24.8 Å². The number of carbonyl (C=O) groups is 2. The number of Topliss-reactive ketones (excluding diaryl/α,β-unsaturated/α-hetero) is 1. The van der Waals surface area contributed by atoms with Crippen molar-refractivity contribution in [2.45, 2.75) is 6.42 Å². The van der Waals surface area contributed by atoms with Crippen LogP contribution in [0, 0.1) is 0 Å². The Morgan fingerprint density at radius 2 is 1.83 bits per heavy atom. The van der Waals surface area contributed by atoms with Crippen molar-refractivity contribution in [3.8, 4) is 5.75 Å². The summed E-state index contributed by atoms with van der Waals surface area (Å²) in [6, 6.07) is 12.4. The van der Waals surface area contributed by atoms with E-state index in [1.165, 1.54) is 4.90 Å². The van der Waals surface area contributed by atoms with Gasteiger partial charge < -0.3 is 9.64 Å². The van der Waals surface area contributed by atoms with Gasteiger partial charge in [-0.3, -0.25) is 9.59 Å². The van der Waals surface area contributed by atoms with E-state index in [-0.39, 0.29) is 0 Å². The van der Waals surface area contributed by atoms with Crippen molar-refractivity contribution in [1.29, 1.82) is 0 Å². The first kappa shape index (κ1) is 16.0. The van der Waals surface area contributed by atoms with Crippen molar-refractivity contribution in [3.63, 3.8) is 0 Å². The average molecular weight is 395 g/mol. The summed E-state index contributed by atoms with van der Waals surface area (Å²) in [5.74, 6) is -0.216. The van der Waals surface area contributed by atoms with Crippen LogP contribution in [0.5, 0.6) is 5.75 Å². The van der Waals surface area contributed by atoms with Crippen LogP contribution in [0.15, 0.2) is 46.9 Å². The molecule has 2 aromatic rings. The quantitative estimate of drug-likeness (QED) is 0.566. The Morgan fingerprint density at radius 1 is 1.09 bits per heavy atom. The van der Waals surface area contributed by atoms with Gasteiger partial charge in [-0.25, -0.2) is 0 Å². The highest BCUT2D eigenvalue weighted by Gasteiger charge is 2.35. The maximum atomic E-state index is 12.1. The summed E-state index contributed by atoms with van der Waals surface area (Å²) in [7, 11) is 0. The van der Waals surface area contributed by atoms with E-state index in [4.69, 9.17) is 16.3 Å². The SMILES string of the molecule is O=C1C(=O)N(CCCOc2ccc(Cl)cc2)c2ccc(Br)cc21. The van der Waals surface area contributed by atoms with Crippen molar-refractivity contribution in [2.24, 2.45) is 0 Å². The lowest BCUT2D eigenvalue weighted by Crippen LogP contribution is -2.31. The molecular formula is C17H13BrClNO3. The van der Waals surface area contributed by atoms with E-state index < -0.39 is 11.7 Å². The molecule has 3 rings (SSSR count). The number of halogens is 2. The predicted octanol–water partition coefficient (Wildman–Crippen LogP) is 4.10. The molecule has 0 aliphatic carbocycles. The van der Waals surface area contributed by atoms with E-state index in [1.807, 2.05) is 6.07 Å². The lowest BCUT2D eigenvalue weighted by atomic mass is 10.1. The van der Waals surface area contributed by atoms with Gasteiger partial charge in [-0.1, -0.05) is 27.5 Å². The molecule has 4 nitrogen and oxygen atoms in total. The molecule has 118 valence electrons. The summed E-state index contributed by atoms with van der Waals surface area (Å²) in [5.41, 5.74) is 1.11. The summed E-state index contributed by atoms with van der Waals surface area (Å²) in [5, 5.41) is 0.654. The second-order valence-corrected chi connectivity index (χ2v) is 6.46. The van der Waals surface area contributed by atoms with E-state index in [0.29, 0.717) is 35.8 Å². The number of benzene rings is 2. The van der Waals surface area contributed by atoms with E-state index in [2.05, 4.69) is 15.9 Å². The normalized spacial score (nSPS) is 13.4. The number of ether oxygens (including phenoxy) is 1. The number of hydrogen-bond acceptors (Lipinski definition) is 3. The van der Waals surface area contributed by atoms with Crippen molar-refractivity contribution in [2.75, 3.05) is 18.1 Å². The van der Waals surface area contributed by atoms with Gasteiger partial charge in [0.15, 0.2) is 0 Å². The lowest BCUT2D eigenvalue weighted by Gasteiger charge is -2.16. The lowest BCUT2D eigenvalue weighted by molar-refractivity contribution is -0.114. The van der Waals surface area contributed by atoms with Crippen LogP contribution < -0.4 is 9.64 Å². The zero-order valence-corrected chi connectivity index (χ0v) is 14.4. The number of anilines is 1. The highest BCUT2D eigenvalue weighted by Crippen LogP contribution is 2.31. The second-order valence-electron chi connectivity index (χ2n) is 5.10. The molecule has 0 bridgehead atoms. The molecule has 1 aliphatic rings. The molecule has 6 heteroatoms. The highest BCUT2D eigenvalue weighted by atomic mass is 79.9. The van der Waals surface area contributed by atoms with Crippen LogP contribution in [0.3, 0.4) is 0 Å². The summed E-state index contributed by atoms with van der Waals surface area (Å²) in [6.45, 7) is 0.887. The number of fused-ring (bicyclic) bond motifs is 1. The fraction of sp³-hybridized carbons (Fsp3) is 0.176. The van der Waals surface area contributed by atoms with Crippen molar-refractivity contribution in [3.05, 3.63) is 57.5 Å². The Labute approximate surface area is 147 Å². The molecule has 0 N–H and O–H groups in total. The number of nitrogens with zero attached hydrogens (tertiary/aromatic N) is 1. The van der Waals surface area contributed by atoms with Crippen LogP contribution in [0.4, 0.5) is 5.69 Å². The number of ketones is 1. The maximum Gasteiger partial charge on any atom is 0.299 e. The molecule has 1 aliphatic heterocycles. The minimum absolute atomic E-state index is 0.437. The Bertz CT molecular complexity index is 761. The number of hydrogen-bond donors (Lipinski definition) is 0. The van der Waals surface area contributed by atoms with Gasteiger partial charge >= 0.3 is 0 Å². The number of carbonyl (C=O) groups excluding carboxylic acids is 2. The minimum atomic E-state index is -0.482. The van der Waals surface area contributed by atoms with Crippen LogP contribution >= 0.6 is 27.5 Å². The zero-order chi connectivity index (χ0) is 16.4. The monoisotopic (exact) mass is 393 g/mol. The van der Waals surface area contributed by atoms with Gasteiger partial charge in [-0.2, -0.15) is 0 Å². The van der Waals surface area contributed by atoms with E-state index in [0.717, 1.165) is 10.2 Å². The molecule has 0 saturated carbocycles. The average Bonchev–Trinajstić information content (AvgIpc) is 2.77. The third-order valence-corrected chi connectivity index (χ3v) is 4.29. The van der Waals surface area contributed by atoms with E-state index >= 15 is 0 Å². The molecule has 2 aromatic carbocycles. The van der Waals surface area contributed by atoms with Gasteiger partial charge in [0.1, 0.15) is 5.75 Å². The topological polar surface area (TPSA) is 46.6 Å². The summed E-state index contributed by atoms with van der Waals surface area (Å²) >= 11 is 9.13. The third-order valence-electron chi connectivity index (χ3n) is 3.54. The maximum absolute atomic E-state index is 12.1. The molecule has 0 unspecified atom stereocenters. The molecule has 0 radical (unpaired) electrons. The Kier molecular flexibility index (Phi) is 4.68. The highest BCUT2D eigenvalue weighted by molar-refractivity contribution is 9.10. The fourth-order valence-electron chi connectivity index (χ4n) is 2.44. The number of amides is 1. The Hall–Kier alpha value is -1.85. The first-order valence-corrected chi connectivity index (χ1v) is 8.27. The van der Waals surface area contributed by atoms with Gasteiger partial charge in [0.2, 0.25) is 0 Å². The summed E-state index contributed by atoms with van der Waals surface area (Å²) in [4.78, 5) is 25.6. The van der Waals surface area contributed by atoms with Crippen LogP contribution in [-0.2, 0) is 4.79 Å². The predicted molar refractivity (Wildman–Crippen MR) is 92.4 cm³/mol. The Balaban J connectivity index is 1.59. The molecule has 0 aromatic heterocycles. The van der Waals surface area contributed by atoms with Crippen LogP contribution in [0.2, 0.25) is 5.02 Å². The van der Waals surface area contributed by atoms with Gasteiger partial charge in [-0.05, 0) is 48.9 Å². The largest absolute Gasteiger partial charge is 0.494 e. The molecule has 0 atom stereocenters. The molecule has 0 fully saturated rings. The molecule has 0 spiro atoms. The molecular weight excluding hydrogens is 382 g/mol. The Morgan fingerprint density at radius 3 is 2.57 bits per heavy atom. The van der Waals surface area contributed by atoms with Gasteiger partial charge in [0.05, 0.1) is 17.9 Å². The van der Waals surface area contributed by atoms with E-state index in [1.54, 1.807) is 36.4 Å². The smallest absolute Gasteiger partial charge is 0.299 e. The summed E-state index contributed by atoms with van der Waals surface area (Å²) < 4.78 is 6.38. The van der Waals surface area contributed by atoms with Crippen molar-refractivity contribution < 1.29 is 14.3 Å². The molecule has 23 heavy (non-hydrogen) atoms. The number of rotatable bonds is 5. The molecule has 1 amide bonds. The fourth-order valence-corrected chi connectivity index (χ4v) is 2.93. The van der Waals surface area contributed by atoms with Crippen LogP contribution in [0.25, 0.3) is 0 Å². The molecule has 1 heterocycles. The van der Waals surface area contributed by atoms with Gasteiger partial charge in [0.25, 0.3) is 11.7 Å². The zero-order valence-electron chi connectivity index (χ0n) is 12.1. The second kappa shape index (κ2) is 6.72. The van der Waals surface area contributed by atoms with E-state index in [9.17, 15) is 9.59 Å². The van der Waals surface area contributed by atoms with Gasteiger partial charge in [-0.15, -0.1) is 0 Å². The first-order chi connectivity index (χ1) is 11.1. The van der Waals surface area contributed by atoms with Crippen LogP contribution in [0.1, 0.15) is 16.8 Å². The minimum Gasteiger partial charge on any atom is -0.494 e. The standard InChI is InChI=1S/C17H13BrClNO3/c18-11-2-7-15-14(10-11)16(21)17(22)20(15)8-1-9-23-13-5-3-12(19)4-6-13/h2-7,10H,1,8-9H2.